The molecule has 0 saturated heterocycles. The number of carbonyl (C=O) groups excluding carboxylic acids is 3. The van der Waals surface area contributed by atoms with E-state index in [1.165, 1.54) is 39.5 Å². The molecule has 198 valence electrons. The largest absolute Gasteiger partial charge is 0.508 e. The number of rotatable bonds is 4. The number of phenolic OH excluding ortho intramolecular Hbond substituents is 1. The van der Waals surface area contributed by atoms with Gasteiger partial charge in [0, 0.05) is 34.9 Å². The second kappa shape index (κ2) is 9.09. The lowest BCUT2D eigenvalue weighted by Crippen LogP contribution is -2.58. The van der Waals surface area contributed by atoms with E-state index in [4.69, 9.17) is 30.5 Å². The lowest BCUT2D eigenvalue weighted by Gasteiger charge is -2.42. The number of hydrogen-bond donors (Lipinski definition) is 2. The smallest absolute Gasteiger partial charge is 0.336 e. The van der Waals surface area contributed by atoms with Gasteiger partial charge in [-0.2, -0.15) is 0 Å². The van der Waals surface area contributed by atoms with E-state index in [0.717, 1.165) is 0 Å². The summed E-state index contributed by atoms with van der Waals surface area (Å²) in [6.07, 6.45) is 0.263. The number of halogens is 1. The second-order valence-electron chi connectivity index (χ2n) is 9.48. The molecule has 2 N–H and O–H groups in total. The predicted octanol–water partition coefficient (Wildman–Crippen LogP) is 4.07. The summed E-state index contributed by atoms with van der Waals surface area (Å²) < 4.78 is 22.1. The van der Waals surface area contributed by atoms with Gasteiger partial charge < -0.3 is 29.4 Å². The van der Waals surface area contributed by atoms with Crippen molar-refractivity contribution >= 4 is 29.1 Å². The molecule has 10 heteroatoms. The van der Waals surface area contributed by atoms with Crippen molar-refractivity contribution in [3.63, 3.8) is 0 Å². The van der Waals surface area contributed by atoms with Gasteiger partial charge in [0.15, 0.2) is 5.75 Å². The van der Waals surface area contributed by atoms with Crippen LogP contribution < -0.4 is 19.5 Å². The fourth-order valence-corrected chi connectivity index (χ4v) is 5.96. The molecule has 0 radical (unpaired) electrons. The number of ether oxygens (including phenoxy) is 4. The SMILES string of the molecule is COC(=O)C1=C(C)NC2=C(C(=O)[C@@]3(Oc4c(Cl)c(OC)cc(OC)c4C3=O)[C@H](C)C2)[C@@H]1c1cccc(O)c1. The number of hydrogen-bond acceptors (Lipinski definition) is 9. The number of aromatic hydroxyl groups is 1. The highest BCUT2D eigenvalue weighted by molar-refractivity contribution is 6.36. The van der Waals surface area contributed by atoms with E-state index in [9.17, 15) is 19.5 Å². The molecule has 2 aliphatic heterocycles. The van der Waals surface area contributed by atoms with Gasteiger partial charge in [0.05, 0.1) is 26.9 Å². The van der Waals surface area contributed by atoms with Gasteiger partial charge >= 0.3 is 5.97 Å². The number of Topliss-reactive ketones (excluding diaryl/α,β-unsaturated/α-hetero) is 2. The van der Waals surface area contributed by atoms with Gasteiger partial charge in [-0.15, -0.1) is 0 Å². The van der Waals surface area contributed by atoms with Crippen LogP contribution in [0, 0.1) is 5.92 Å². The first-order chi connectivity index (χ1) is 18.1. The third kappa shape index (κ3) is 3.41. The molecule has 38 heavy (non-hydrogen) atoms. The molecule has 0 bridgehead atoms. The Bertz CT molecular complexity index is 1480. The topological polar surface area (TPSA) is 120 Å². The molecular formula is C28H26ClNO8. The number of phenols is 1. The number of dihydropyridines is 1. The van der Waals surface area contributed by atoms with Crippen molar-refractivity contribution in [3.05, 3.63) is 69.0 Å². The minimum Gasteiger partial charge on any atom is -0.508 e. The van der Waals surface area contributed by atoms with Gasteiger partial charge in [-0.05, 0) is 31.0 Å². The number of fused-ring (bicyclic) bond motifs is 1. The van der Waals surface area contributed by atoms with Gasteiger partial charge in [-0.25, -0.2) is 4.79 Å². The third-order valence-electron chi connectivity index (χ3n) is 7.46. The Kier molecular flexibility index (Phi) is 6.14. The molecule has 0 saturated carbocycles. The highest BCUT2D eigenvalue weighted by atomic mass is 35.5. The Morgan fingerprint density at radius 3 is 2.47 bits per heavy atom. The number of benzene rings is 2. The normalized spacial score (nSPS) is 24.1. The first-order valence-electron chi connectivity index (χ1n) is 11.9. The molecule has 0 amide bonds. The Morgan fingerprint density at radius 1 is 1.13 bits per heavy atom. The summed E-state index contributed by atoms with van der Waals surface area (Å²) in [4.78, 5) is 41.7. The van der Waals surface area contributed by atoms with Crippen LogP contribution in [0.2, 0.25) is 5.02 Å². The first kappa shape index (κ1) is 25.7. The van der Waals surface area contributed by atoms with Crippen LogP contribution in [0.4, 0.5) is 0 Å². The lowest BCUT2D eigenvalue weighted by atomic mass is 9.65. The molecule has 3 atom stereocenters. The Hall–Kier alpha value is -3.98. The molecule has 0 fully saturated rings. The summed E-state index contributed by atoms with van der Waals surface area (Å²) in [5, 5.41) is 13.5. The van der Waals surface area contributed by atoms with E-state index in [-0.39, 0.29) is 51.2 Å². The minimum absolute atomic E-state index is 0.00899. The van der Waals surface area contributed by atoms with Crippen LogP contribution in [0.3, 0.4) is 0 Å². The zero-order valence-electron chi connectivity index (χ0n) is 21.4. The first-order valence-corrected chi connectivity index (χ1v) is 12.3. The average molecular weight is 540 g/mol. The van der Waals surface area contributed by atoms with Crippen LogP contribution in [0.1, 0.15) is 42.1 Å². The summed E-state index contributed by atoms with van der Waals surface area (Å²) >= 11 is 6.54. The Morgan fingerprint density at radius 2 is 1.84 bits per heavy atom. The maximum Gasteiger partial charge on any atom is 0.336 e. The van der Waals surface area contributed by atoms with E-state index in [0.29, 0.717) is 17.0 Å². The van der Waals surface area contributed by atoms with E-state index < -0.39 is 35.0 Å². The molecule has 3 aliphatic rings. The van der Waals surface area contributed by atoms with Crippen molar-refractivity contribution in [2.24, 2.45) is 5.92 Å². The van der Waals surface area contributed by atoms with Gasteiger partial charge in [0.1, 0.15) is 27.8 Å². The lowest BCUT2D eigenvalue weighted by molar-refractivity contribution is -0.136. The summed E-state index contributed by atoms with van der Waals surface area (Å²) in [6.45, 7) is 3.47. The quantitative estimate of drug-likeness (QED) is 0.437. The number of esters is 1. The highest BCUT2D eigenvalue weighted by Crippen LogP contribution is 2.56. The van der Waals surface area contributed by atoms with Gasteiger partial charge in [-0.1, -0.05) is 30.7 Å². The van der Waals surface area contributed by atoms with Crippen LogP contribution in [0.25, 0.3) is 0 Å². The van der Waals surface area contributed by atoms with Crippen molar-refractivity contribution in [3.8, 4) is 23.0 Å². The van der Waals surface area contributed by atoms with E-state index >= 15 is 0 Å². The summed E-state index contributed by atoms with van der Waals surface area (Å²) in [5.41, 5.74) is 0.0365. The molecule has 2 aromatic rings. The fraction of sp³-hybridized carbons (Fsp3) is 0.321. The zero-order chi connectivity index (χ0) is 27.5. The standard InChI is InChI=1S/C28H26ClNO8/c1-12-9-16-21(20(14-7-6-8-15(31)10-14)19(13(2)30-16)27(34)37-5)25(32)28(12)26(33)22-17(35-3)11-18(36-4)23(29)24(22)38-28/h6-8,10-12,20,30-31H,9H2,1-5H3/t12-,20-,28+/m1/s1. The molecule has 1 spiro atoms. The van der Waals surface area contributed by atoms with Crippen LogP contribution in [0.15, 0.2) is 52.9 Å². The maximum absolute atomic E-state index is 14.6. The van der Waals surface area contributed by atoms with Crippen molar-refractivity contribution in [2.45, 2.75) is 31.8 Å². The highest BCUT2D eigenvalue weighted by Gasteiger charge is 2.63. The molecular weight excluding hydrogens is 514 g/mol. The third-order valence-corrected chi connectivity index (χ3v) is 7.82. The minimum atomic E-state index is -1.95. The van der Waals surface area contributed by atoms with Crippen LogP contribution in [-0.4, -0.2) is 49.6 Å². The van der Waals surface area contributed by atoms with Gasteiger partial charge in [0.25, 0.3) is 0 Å². The number of allylic oxidation sites excluding steroid dienone is 2. The number of carbonyl (C=O) groups is 3. The zero-order valence-corrected chi connectivity index (χ0v) is 22.2. The molecule has 1 aliphatic carbocycles. The molecule has 5 rings (SSSR count). The summed E-state index contributed by atoms with van der Waals surface area (Å²) in [5.74, 6) is -3.01. The van der Waals surface area contributed by atoms with Crippen LogP contribution in [-0.2, 0) is 14.3 Å². The fourth-order valence-electron chi connectivity index (χ4n) is 5.69. The number of nitrogens with one attached hydrogen (secondary N) is 1. The Labute approximate surface area is 224 Å². The van der Waals surface area contributed by atoms with Crippen LogP contribution in [0.5, 0.6) is 23.0 Å². The number of ketones is 2. The van der Waals surface area contributed by atoms with E-state index in [2.05, 4.69) is 5.32 Å². The molecule has 0 aromatic heterocycles. The van der Waals surface area contributed by atoms with Crippen molar-refractivity contribution < 1.29 is 38.4 Å². The van der Waals surface area contributed by atoms with Crippen molar-refractivity contribution in [1.29, 1.82) is 0 Å². The average Bonchev–Trinajstić information content (AvgIpc) is 3.21. The monoisotopic (exact) mass is 539 g/mol. The van der Waals surface area contributed by atoms with Gasteiger partial charge in [-0.3, -0.25) is 9.59 Å². The molecule has 2 heterocycles. The summed E-state index contributed by atoms with van der Waals surface area (Å²) in [7, 11) is 4.06. The van der Waals surface area contributed by atoms with Crippen LogP contribution >= 0.6 is 11.6 Å². The van der Waals surface area contributed by atoms with Crippen molar-refractivity contribution in [2.75, 3.05) is 21.3 Å². The second-order valence-corrected chi connectivity index (χ2v) is 9.85. The molecule has 0 unspecified atom stereocenters. The summed E-state index contributed by atoms with van der Waals surface area (Å²) in [6, 6.07) is 7.76. The van der Waals surface area contributed by atoms with Gasteiger partial charge in [0.2, 0.25) is 17.2 Å². The molecule has 9 nitrogen and oxygen atoms in total. The van der Waals surface area contributed by atoms with E-state index in [1.807, 2.05) is 0 Å². The van der Waals surface area contributed by atoms with Crippen molar-refractivity contribution in [1.82, 2.24) is 5.32 Å². The predicted molar refractivity (Wildman–Crippen MR) is 137 cm³/mol. The molecule has 2 aromatic carbocycles. The Balaban J connectivity index is 1.72. The van der Waals surface area contributed by atoms with E-state index in [1.54, 1.807) is 26.0 Å². The maximum atomic E-state index is 14.6. The number of methoxy groups -OCH3 is 3.